The molecule has 10 heteroatoms. The fourth-order valence-corrected chi connectivity index (χ4v) is 3.98. The zero-order chi connectivity index (χ0) is 22.1. The minimum Gasteiger partial charge on any atom is -0.480 e. The molecule has 0 fully saturated rings. The number of carbonyl (C=O) groups is 2. The number of aryl methyl sites for hydroxylation is 1. The van der Waals surface area contributed by atoms with Gasteiger partial charge < -0.3 is 15.2 Å². The number of amides is 1. The molecule has 0 saturated heterocycles. The lowest BCUT2D eigenvalue weighted by molar-refractivity contribution is -0.139. The van der Waals surface area contributed by atoms with Crippen LogP contribution in [0.15, 0.2) is 29.2 Å². The van der Waals surface area contributed by atoms with Crippen LogP contribution in [0.4, 0.5) is 4.79 Å². The first-order valence-electron chi connectivity index (χ1n) is 9.17. The van der Waals surface area contributed by atoms with Crippen molar-refractivity contribution in [1.82, 2.24) is 5.32 Å². The molecule has 1 aromatic rings. The number of hydrogen-bond donors (Lipinski definition) is 2. The highest BCUT2D eigenvalue weighted by atomic mass is 32.2. The third kappa shape index (κ3) is 10.5. The van der Waals surface area contributed by atoms with Gasteiger partial charge in [0.05, 0.1) is 11.5 Å². The number of carboxylic acids is 1. The lowest BCUT2D eigenvalue weighted by Gasteiger charge is -2.21. The second-order valence-electron chi connectivity index (χ2n) is 7.38. The van der Waals surface area contributed by atoms with Crippen molar-refractivity contribution < 1.29 is 32.0 Å². The van der Waals surface area contributed by atoms with Crippen molar-refractivity contribution in [3.05, 3.63) is 29.8 Å². The van der Waals surface area contributed by atoms with E-state index in [0.29, 0.717) is 17.9 Å². The van der Waals surface area contributed by atoms with Crippen LogP contribution in [0.5, 0.6) is 0 Å². The van der Waals surface area contributed by atoms with Crippen molar-refractivity contribution in [2.75, 3.05) is 18.1 Å². The summed E-state index contributed by atoms with van der Waals surface area (Å²) in [5, 5.41) is 11.5. The molecule has 1 aromatic carbocycles. The van der Waals surface area contributed by atoms with Gasteiger partial charge in [-0.3, -0.25) is 4.18 Å². The molecule has 0 aliphatic carbocycles. The quantitative estimate of drug-likeness (QED) is 0.392. The van der Waals surface area contributed by atoms with Gasteiger partial charge in [-0.2, -0.15) is 20.2 Å². The summed E-state index contributed by atoms with van der Waals surface area (Å²) in [5.74, 6) is -0.0522. The topological polar surface area (TPSA) is 119 Å². The van der Waals surface area contributed by atoms with Gasteiger partial charge in [0.2, 0.25) is 0 Å². The van der Waals surface area contributed by atoms with Crippen LogP contribution in [0.2, 0.25) is 0 Å². The molecule has 0 bridgehead atoms. The number of carbonyl (C=O) groups excluding carboxylic acids is 1. The minimum absolute atomic E-state index is 0.0434. The summed E-state index contributed by atoms with van der Waals surface area (Å²) in [7, 11) is -3.77. The Morgan fingerprint density at radius 1 is 1.17 bits per heavy atom. The van der Waals surface area contributed by atoms with Crippen molar-refractivity contribution in [2.45, 2.75) is 57.1 Å². The van der Waals surface area contributed by atoms with E-state index in [1.54, 1.807) is 32.9 Å². The molecule has 0 spiro atoms. The van der Waals surface area contributed by atoms with E-state index >= 15 is 0 Å². The molecule has 1 atom stereocenters. The van der Waals surface area contributed by atoms with Crippen LogP contribution in [0.25, 0.3) is 0 Å². The first-order valence-corrected chi connectivity index (χ1v) is 11.7. The number of thioether (sulfide) groups is 1. The van der Waals surface area contributed by atoms with Crippen LogP contribution in [0.3, 0.4) is 0 Å². The average Bonchev–Trinajstić information content (AvgIpc) is 2.58. The Kier molecular flexibility index (Phi) is 9.94. The van der Waals surface area contributed by atoms with E-state index in [9.17, 15) is 23.1 Å². The number of hydrogen-bond acceptors (Lipinski definition) is 7. The molecular formula is C19H29NO7S2. The van der Waals surface area contributed by atoms with Gasteiger partial charge in [-0.1, -0.05) is 17.7 Å². The van der Waals surface area contributed by atoms with Crippen molar-refractivity contribution in [2.24, 2.45) is 0 Å². The molecule has 164 valence electrons. The Balaban J connectivity index is 2.28. The van der Waals surface area contributed by atoms with E-state index in [0.717, 1.165) is 5.56 Å². The lowest BCUT2D eigenvalue weighted by atomic mass is 10.2. The highest BCUT2D eigenvalue weighted by Crippen LogP contribution is 2.14. The van der Waals surface area contributed by atoms with E-state index in [-0.39, 0.29) is 17.9 Å². The summed E-state index contributed by atoms with van der Waals surface area (Å²) in [6.07, 6.45) is -0.0565. The fraction of sp³-hybridized carbons (Fsp3) is 0.579. The Bertz CT molecular complexity index is 771. The Morgan fingerprint density at radius 2 is 1.79 bits per heavy atom. The van der Waals surface area contributed by atoms with Crippen molar-refractivity contribution >= 4 is 33.9 Å². The molecule has 0 saturated carbocycles. The Hall–Kier alpha value is -1.78. The summed E-state index contributed by atoms with van der Waals surface area (Å²) in [4.78, 5) is 23.1. The van der Waals surface area contributed by atoms with Gasteiger partial charge in [-0.15, -0.1) is 0 Å². The zero-order valence-electron chi connectivity index (χ0n) is 17.1. The third-order valence-corrected chi connectivity index (χ3v) is 5.95. The summed E-state index contributed by atoms with van der Waals surface area (Å²) >= 11 is 1.46. The van der Waals surface area contributed by atoms with Crippen LogP contribution in [0.1, 0.15) is 39.2 Å². The number of nitrogens with one attached hydrogen (secondary N) is 1. The van der Waals surface area contributed by atoms with Crippen molar-refractivity contribution in [3.63, 3.8) is 0 Å². The Labute approximate surface area is 176 Å². The largest absolute Gasteiger partial charge is 0.480 e. The van der Waals surface area contributed by atoms with E-state index < -0.39 is 33.8 Å². The van der Waals surface area contributed by atoms with Gasteiger partial charge in [0, 0.05) is 0 Å². The highest BCUT2D eigenvalue weighted by Gasteiger charge is 2.23. The molecule has 0 heterocycles. The molecule has 0 radical (unpaired) electrons. The number of benzene rings is 1. The summed E-state index contributed by atoms with van der Waals surface area (Å²) < 4.78 is 34.2. The first-order chi connectivity index (χ1) is 13.4. The molecule has 0 aliphatic rings. The predicted molar refractivity (Wildman–Crippen MR) is 112 cm³/mol. The second-order valence-corrected chi connectivity index (χ2v) is 10.2. The SMILES string of the molecule is Cc1ccc(S(=O)(=O)OCCCSCC[C@H](NC(=O)OC(C)(C)C)C(=O)O)cc1. The van der Waals surface area contributed by atoms with Crippen LogP contribution < -0.4 is 5.32 Å². The number of rotatable bonds is 11. The van der Waals surface area contributed by atoms with E-state index in [1.165, 1.54) is 23.9 Å². The lowest BCUT2D eigenvalue weighted by Crippen LogP contribution is -2.43. The van der Waals surface area contributed by atoms with E-state index in [1.807, 2.05) is 6.92 Å². The molecule has 2 N–H and O–H groups in total. The number of carboxylic acid groups (broad SMARTS) is 1. The van der Waals surface area contributed by atoms with Gasteiger partial charge in [-0.05, 0) is 64.2 Å². The van der Waals surface area contributed by atoms with Crippen LogP contribution in [-0.4, -0.2) is 55.3 Å². The number of ether oxygens (including phenoxy) is 1. The molecule has 0 aliphatic heterocycles. The molecule has 1 rings (SSSR count). The third-order valence-electron chi connectivity index (χ3n) is 3.52. The number of alkyl carbamates (subject to hydrolysis) is 1. The molecule has 0 unspecified atom stereocenters. The smallest absolute Gasteiger partial charge is 0.408 e. The maximum Gasteiger partial charge on any atom is 0.408 e. The summed E-state index contributed by atoms with van der Waals surface area (Å²) in [6.45, 7) is 6.99. The number of aliphatic carboxylic acids is 1. The van der Waals surface area contributed by atoms with Crippen LogP contribution >= 0.6 is 11.8 Å². The monoisotopic (exact) mass is 447 g/mol. The summed E-state index contributed by atoms with van der Waals surface area (Å²) in [6, 6.07) is 5.37. The standard InChI is InChI=1S/C19H29NO7S2/c1-14-6-8-15(9-7-14)29(24,25)26-11-5-12-28-13-10-16(17(21)22)20-18(23)27-19(2,3)4/h6-9,16H,5,10-13H2,1-4H3,(H,20,23)(H,21,22)/t16-/m0/s1. The van der Waals surface area contributed by atoms with Gasteiger partial charge in [-0.25, -0.2) is 9.59 Å². The molecule has 0 aromatic heterocycles. The maximum absolute atomic E-state index is 12.1. The molecule has 8 nitrogen and oxygen atoms in total. The average molecular weight is 448 g/mol. The second kappa shape index (κ2) is 11.4. The summed E-state index contributed by atoms with van der Waals surface area (Å²) in [5.41, 5.74) is 0.252. The fourth-order valence-electron chi connectivity index (χ4n) is 2.11. The highest BCUT2D eigenvalue weighted by molar-refractivity contribution is 7.99. The van der Waals surface area contributed by atoms with Crippen molar-refractivity contribution in [1.29, 1.82) is 0 Å². The minimum atomic E-state index is -3.77. The first kappa shape index (κ1) is 25.3. The normalized spacial score (nSPS) is 13.0. The van der Waals surface area contributed by atoms with Gasteiger partial charge in [0.25, 0.3) is 10.1 Å². The van der Waals surface area contributed by atoms with Gasteiger partial charge in [0.15, 0.2) is 0 Å². The zero-order valence-corrected chi connectivity index (χ0v) is 18.8. The molecule has 29 heavy (non-hydrogen) atoms. The molecular weight excluding hydrogens is 418 g/mol. The van der Waals surface area contributed by atoms with Gasteiger partial charge in [0.1, 0.15) is 11.6 Å². The predicted octanol–water partition coefficient (Wildman–Crippen LogP) is 3.19. The Morgan fingerprint density at radius 3 is 2.34 bits per heavy atom. The molecule has 1 amide bonds. The maximum atomic E-state index is 12.1. The van der Waals surface area contributed by atoms with Crippen molar-refractivity contribution in [3.8, 4) is 0 Å². The van der Waals surface area contributed by atoms with E-state index in [4.69, 9.17) is 8.92 Å². The van der Waals surface area contributed by atoms with Crippen LogP contribution in [-0.2, 0) is 23.8 Å². The van der Waals surface area contributed by atoms with Gasteiger partial charge >= 0.3 is 12.1 Å². The van der Waals surface area contributed by atoms with E-state index in [2.05, 4.69) is 5.32 Å². The van der Waals surface area contributed by atoms with Crippen LogP contribution in [0, 0.1) is 6.92 Å².